The first-order valence-corrected chi connectivity index (χ1v) is 8.88. The van der Waals surface area contributed by atoms with E-state index in [0.29, 0.717) is 22.7 Å². The minimum absolute atomic E-state index is 0.0981. The number of amides is 2. The Morgan fingerprint density at radius 1 is 0.897 bits per heavy atom. The standard InChI is InChI=1S/C21H22N2O6/c1-14(24)15-6-5-7-16(12-15)22-20(26)13-29-21(27)11-10-19(25)23-17-8-3-4-9-18(17)28-2/h3-9,12H,10-11,13H2,1-2H3,(H,22,26)(H,23,25). The highest BCUT2D eigenvalue weighted by Gasteiger charge is 2.12. The average molecular weight is 398 g/mol. The second-order valence-corrected chi connectivity index (χ2v) is 6.09. The first kappa shape index (κ1) is 21.6. The number of carbonyl (C=O) groups is 4. The van der Waals surface area contributed by atoms with Crippen LogP contribution in [0.25, 0.3) is 0 Å². The van der Waals surface area contributed by atoms with E-state index >= 15 is 0 Å². The van der Waals surface area contributed by atoms with Crippen molar-refractivity contribution in [2.24, 2.45) is 0 Å². The van der Waals surface area contributed by atoms with Gasteiger partial charge in [0.05, 0.1) is 19.2 Å². The topological polar surface area (TPSA) is 111 Å². The molecule has 0 aliphatic carbocycles. The lowest BCUT2D eigenvalue weighted by Gasteiger charge is -2.10. The number of rotatable bonds is 9. The highest BCUT2D eigenvalue weighted by Crippen LogP contribution is 2.23. The number of nitrogens with one attached hydrogen (secondary N) is 2. The van der Waals surface area contributed by atoms with Crippen molar-refractivity contribution in [3.63, 3.8) is 0 Å². The molecule has 0 spiro atoms. The average Bonchev–Trinajstić information content (AvgIpc) is 2.71. The summed E-state index contributed by atoms with van der Waals surface area (Å²) in [5.41, 5.74) is 1.39. The summed E-state index contributed by atoms with van der Waals surface area (Å²) in [4.78, 5) is 47.0. The summed E-state index contributed by atoms with van der Waals surface area (Å²) >= 11 is 0. The van der Waals surface area contributed by atoms with Gasteiger partial charge in [0, 0.05) is 17.7 Å². The number of anilines is 2. The van der Waals surface area contributed by atoms with Crippen molar-refractivity contribution in [1.29, 1.82) is 0 Å². The molecule has 0 aromatic heterocycles. The molecule has 0 aliphatic heterocycles. The van der Waals surface area contributed by atoms with Gasteiger partial charge in [0.2, 0.25) is 5.91 Å². The number of ether oxygens (including phenoxy) is 2. The minimum atomic E-state index is -0.673. The summed E-state index contributed by atoms with van der Waals surface area (Å²) in [7, 11) is 1.49. The largest absolute Gasteiger partial charge is 0.495 e. The molecule has 0 unspecified atom stereocenters. The van der Waals surface area contributed by atoms with E-state index < -0.39 is 18.5 Å². The molecular weight excluding hydrogens is 376 g/mol. The Hall–Kier alpha value is -3.68. The van der Waals surface area contributed by atoms with Crippen LogP contribution in [0.1, 0.15) is 30.1 Å². The highest BCUT2D eigenvalue weighted by molar-refractivity contribution is 5.98. The van der Waals surface area contributed by atoms with E-state index in [-0.39, 0.29) is 24.5 Å². The number of methoxy groups -OCH3 is 1. The number of Topliss-reactive ketones (excluding diaryl/α,β-unsaturated/α-hetero) is 1. The molecule has 2 rings (SSSR count). The van der Waals surface area contributed by atoms with Gasteiger partial charge in [0.25, 0.3) is 5.91 Å². The summed E-state index contributed by atoms with van der Waals surface area (Å²) < 4.78 is 10.0. The van der Waals surface area contributed by atoms with E-state index in [1.54, 1.807) is 42.5 Å². The van der Waals surface area contributed by atoms with Crippen LogP contribution in [0, 0.1) is 0 Å². The monoisotopic (exact) mass is 398 g/mol. The number of hydrogen-bond donors (Lipinski definition) is 2. The molecular formula is C21H22N2O6. The molecule has 8 nitrogen and oxygen atoms in total. The smallest absolute Gasteiger partial charge is 0.306 e. The van der Waals surface area contributed by atoms with Gasteiger partial charge in [-0.15, -0.1) is 0 Å². The lowest BCUT2D eigenvalue weighted by atomic mass is 10.1. The summed E-state index contributed by atoms with van der Waals surface area (Å²) in [5.74, 6) is -1.21. The Morgan fingerprint density at radius 3 is 2.38 bits per heavy atom. The van der Waals surface area contributed by atoms with Crippen LogP contribution in [0.2, 0.25) is 0 Å². The third-order valence-corrected chi connectivity index (χ3v) is 3.85. The highest BCUT2D eigenvalue weighted by atomic mass is 16.5. The van der Waals surface area contributed by atoms with Gasteiger partial charge in [-0.2, -0.15) is 0 Å². The van der Waals surface area contributed by atoms with E-state index in [2.05, 4.69) is 10.6 Å². The molecule has 2 aromatic rings. The second-order valence-electron chi connectivity index (χ2n) is 6.09. The van der Waals surface area contributed by atoms with Crippen LogP contribution >= 0.6 is 0 Å². The van der Waals surface area contributed by atoms with Crippen molar-refractivity contribution in [2.75, 3.05) is 24.4 Å². The van der Waals surface area contributed by atoms with Crippen molar-refractivity contribution in [3.05, 3.63) is 54.1 Å². The Labute approximate surface area is 168 Å². The molecule has 0 saturated heterocycles. The number of ketones is 1. The van der Waals surface area contributed by atoms with Gasteiger partial charge in [-0.25, -0.2) is 0 Å². The van der Waals surface area contributed by atoms with Gasteiger partial charge in [0.15, 0.2) is 12.4 Å². The zero-order chi connectivity index (χ0) is 21.2. The lowest BCUT2D eigenvalue weighted by molar-refractivity contribution is -0.147. The number of hydrogen-bond acceptors (Lipinski definition) is 6. The Balaban J connectivity index is 1.73. The molecule has 0 heterocycles. The normalized spacial score (nSPS) is 10.0. The van der Waals surface area contributed by atoms with E-state index in [4.69, 9.17) is 9.47 Å². The van der Waals surface area contributed by atoms with Gasteiger partial charge >= 0.3 is 5.97 Å². The van der Waals surface area contributed by atoms with Crippen molar-refractivity contribution in [3.8, 4) is 5.75 Å². The first-order valence-electron chi connectivity index (χ1n) is 8.88. The molecule has 2 N–H and O–H groups in total. The number of carbonyl (C=O) groups excluding carboxylic acids is 4. The molecule has 152 valence electrons. The molecule has 2 aromatic carbocycles. The first-order chi connectivity index (χ1) is 13.9. The zero-order valence-corrected chi connectivity index (χ0v) is 16.2. The van der Waals surface area contributed by atoms with E-state index in [1.165, 1.54) is 20.1 Å². The van der Waals surface area contributed by atoms with Crippen molar-refractivity contribution in [1.82, 2.24) is 0 Å². The Morgan fingerprint density at radius 2 is 1.66 bits per heavy atom. The van der Waals surface area contributed by atoms with Gasteiger partial charge in [-0.1, -0.05) is 24.3 Å². The van der Waals surface area contributed by atoms with Crippen molar-refractivity contribution >= 4 is 34.9 Å². The molecule has 0 radical (unpaired) electrons. The van der Waals surface area contributed by atoms with Crippen LogP contribution in [0.3, 0.4) is 0 Å². The van der Waals surface area contributed by atoms with Gasteiger partial charge in [-0.3, -0.25) is 19.2 Å². The van der Waals surface area contributed by atoms with Crippen molar-refractivity contribution in [2.45, 2.75) is 19.8 Å². The van der Waals surface area contributed by atoms with Crippen LogP contribution in [0.5, 0.6) is 5.75 Å². The summed E-state index contributed by atoms with van der Waals surface area (Å²) in [6, 6.07) is 13.3. The molecule has 29 heavy (non-hydrogen) atoms. The SMILES string of the molecule is COc1ccccc1NC(=O)CCC(=O)OCC(=O)Nc1cccc(C(C)=O)c1. The Bertz CT molecular complexity index is 910. The van der Waals surface area contributed by atoms with Gasteiger partial charge in [0.1, 0.15) is 5.75 Å². The van der Waals surface area contributed by atoms with Crippen molar-refractivity contribution < 1.29 is 28.7 Å². The number of para-hydroxylation sites is 2. The second kappa shape index (κ2) is 10.6. The fourth-order valence-electron chi connectivity index (χ4n) is 2.41. The maximum absolute atomic E-state index is 12.0. The van der Waals surface area contributed by atoms with Crippen LogP contribution in [-0.2, 0) is 19.1 Å². The van der Waals surface area contributed by atoms with Gasteiger partial charge < -0.3 is 20.1 Å². The summed E-state index contributed by atoms with van der Waals surface area (Å²) in [5, 5.41) is 5.19. The van der Waals surface area contributed by atoms with Gasteiger partial charge in [-0.05, 0) is 31.2 Å². The van der Waals surface area contributed by atoms with Crippen LogP contribution in [-0.4, -0.2) is 37.3 Å². The number of benzene rings is 2. The lowest BCUT2D eigenvalue weighted by Crippen LogP contribution is -2.22. The molecule has 0 atom stereocenters. The maximum Gasteiger partial charge on any atom is 0.306 e. The maximum atomic E-state index is 12.0. The molecule has 2 amide bonds. The van der Waals surface area contributed by atoms with E-state index in [1.807, 2.05) is 0 Å². The minimum Gasteiger partial charge on any atom is -0.495 e. The summed E-state index contributed by atoms with van der Waals surface area (Å²) in [6.45, 7) is 0.935. The fourth-order valence-corrected chi connectivity index (χ4v) is 2.41. The molecule has 0 fully saturated rings. The zero-order valence-electron chi connectivity index (χ0n) is 16.2. The van der Waals surface area contributed by atoms with E-state index in [0.717, 1.165) is 0 Å². The van der Waals surface area contributed by atoms with E-state index in [9.17, 15) is 19.2 Å². The molecule has 0 bridgehead atoms. The summed E-state index contributed by atoms with van der Waals surface area (Å²) in [6.07, 6.45) is -0.271. The van der Waals surface area contributed by atoms with Crippen LogP contribution < -0.4 is 15.4 Å². The molecule has 8 heteroatoms. The van der Waals surface area contributed by atoms with Crippen LogP contribution in [0.4, 0.5) is 11.4 Å². The molecule has 0 saturated carbocycles. The third-order valence-electron chi connectivity index (χ3n) is 3.85. The third kappa shape index (κ3) is 7.10. The Kier molecular flexibility index (Phi) is 7.90. The number of esters is 1. The predicted molar refractivity (Wildman–Crippen MR) is 107 cm³/mol. The van der Waals surface area contributed by atoms with Crippen LogP contribution in [0.15, 0.2) is 48.5 Å². The quantitative estimate of drug-likeness (QED) is 0.496. The molecule has 0 aliphatic rings. The fraction of sp³-hybridized carbons (Fsp3) is 0.238. The predicted octanol–water partition coefficient (Wildman–Crippen LogP) is 2.80.